The van der Waals surface area contributed by atoms with Crippen LogP contribution in [0.25, 0.3) is 0 Å². The van der Waals surface area contributed by atoms with Crippen LogP contribution in [0.4, 0.5) is 11.8 Å². The van der Waals surface area contributed by atoms with E-state index in [9.17, 15) is 0 Å². The summed E-state index contributed by atoms with van der Waals surface area (Å²) in [7, 11) is 0. The van der Waals surface area contributed by atoms with E-state index in [1.807, 2.05) is 30.3 Å². The number of halogens is 1. The average Bonchev–Trinajstić information content (AvgIpc) is 2.56. The molecule has 1 aromatic heterocycles. The van der Waals surface area contributed by atoms with Gasteiger partial charge in [-0.25, -0.2) is 4.98 Å². The number of benzene rings is 1. The fourth-order valence-electron chi connectivity index (χ4n) is 2.76. The molecular formula is C17H21ClN4. The summed E-state index contributed by atoms with van der Waals surface area (Å²) in [6.07, 6.45) is 8.24. The predicted octanol–water partition coefficient (Wildman–Crippen LogP) is 4.49. The number of aromatic nitrogens is 2. The largest absolute Gasteiger partial charge is 0.367 e. The predicted molar refractivity (Wildman–Crippen MR) is 91.3 cm³/mol. The van der Waals surface area contributed by atoms with E-state index in [0.717, 1.165) is 16.4 Å². The maximum absolute atomic E-state index is 5.89. The van der Waals surface area contributed by atoms with Gasteiger partial charge in [-0.1, -0.05) is 43.0 Å². The molecule has 4 nitrogen and oxygen atoms in total. The van der Waals surface area contributed by atoms with Gasteiger partial charge in [-0.05, 0) is 36.6 Å². The van der Waals surface area contributed by atoms with E-state index in [-0.39, 0.29) is 0 Å². The molecule has 1 aromatic carbocycles. The van der Waals surface area contributed by atoms with Crippen molar-refractivity contribution >= 4 is 23.4 Å². The molecule has 3 rings (SSSR count). The second-order valence-corrected chi connectivity index (χ2v) is 6.16. The van der Waals surface area contributed by atoms with Crippen molar-refractivity contribution in [2.75, 3.05) is 10.6 Å². The zero-order chi connectivity index (χ0) is 15.2. The van der Waals surface area contributed by atoms with Crippen molar-refractivity contribution in [2.45, 2.75) is 44.7 Å². The van der Waals surface area contributed by atoms with Gasteiger partial charge in [0.1, 0.15) is 5.82 Å². The summed E-state index contributed by atoms with van der Waals surface area (Å²) in [5, 5.41) is 7.52. The highest BCUT2D eigenvalue weighted by Crippen LogP contribution is 2.21. The number of anilines is 2. The number of nitrogens with zero attached hydrogens (tertiary/aromatic N) is 2. The monoisotopic (exact) mass is 316 g/mol. The first-order valence-corrected chi connectivity index (χ1v) is 8.25. The minimum Gasteiger partial charge on any atom is -0.367 e. The van der Waals surface area contributed by atoms with Crippen molar-refractivity contribution in [3.63, 3.8) is 0 Å². The lowest BCUT2D eigenvalue weighted by Crippen LogP contribution is -2.23. The lowest BCUT2D eigenvalue weighted by molar-refractivity contribution is 0.462. The molecule has 0 bridgehead atoms. The van der Waals surface area contributed by atoms with E-state index >= 15 is 0 Å². The van der Waals surface area contributed by atoms with Gasteiger partial charge in [-0.3, -0.25) is 0 Å². The molecule has 0 atom stereocenters. The SMILES string of the molecule is Clc1ccc(CNc2nccc(NC3CCCCC3)n2)cc1. The number of hydrogen-bond donors (Lipinski definition) is 2. The third-order valence-corrected chi connectivity index (χ3v) is 4.23. The lowest BCUT2D eigenvalue weighted by atomic mass is 9.95. The number of rotatable bonds is 5. The lowest BCUT2D eigenvalue weighted by Gasteiger charge is -2.23. The van der Waals surface area contributed by atoms with Crippen molar-refractivity contribution in [3.8, 4) is 0 Å². The molecule has 0 spiro atoms. The highest BCUT2D eigenvalue weighted by atomic mass is 35.5. The first-order chi connectivity index (χ1) is 10.8. The van der Waals surface area contributed by atoms with E-state index in [4.69, 9.17) is 11.6 Å². The number of hydrogen-bond acceptors (Lipinski definition) is 4. The van der Waals surface area contributed by atoms with Gasteiger partial charge >= 0.3 is 0 Å². The molecule has 5 heteroatoms. The summed E-state index contributed by atoms with van der Waals surface area (Å²) in [6.45, 7) is 0.685. The van der Waals surface area contributed by atoms with E-state index < -0.39 is 0 Å². The average molecular weight is 317 g/mol. The third-order valence-electron chi connectivity index (χ3n) is 3.98. The van der Waals surface area contributed by atoms with E-state index in [0.29, 0.717) is 18.5 Å². The molecule has 0 saturated heterocycles. The van der Waals surface area contributed by atoms with Gasteiger partial charge in [0.05, 0.1) is 0 Å². The van der Waals surface area contributed by atoms with Crippen LogP contribution in [0.2, 0.25) is 5.02 Å². The summed E-state index contributed by atoms with van der Waals surface area (Å²) in [5.74, 6) is 1.55. The highest BCUT2D eigenvalue weighted by Gasteiger charge is 2.13. The normalized spacial score (nSPS) is 15.5. The Morgan fingerprint density at radius 1 is 1.05 bits per heavy atom. The maximum Gasteiger partial charge on any atom is 0.224 e. The Morgan fingerprint density at radius 3 is 2.59 bits per heavy atom. The minimum atomic E-state index is 0.549. The molecule has 1 aliphatic carbocycles. The summed E-state index contributed by atoms with van der Waals surface area (Å²) in [4.78, 5) is 8.82. The molecular weight excluding hydrogens is 296 g/mol. The summed E-state index contributed by atoms with van der Waals surface area (Å²) >= 11 is 5.89. The summed E-state index contributed by atoms with van der Waals surface area (Å²) < 4.78 is 0. The van der Waals surface area contributed by atoms with Crippen molar-refractivity contribution in [1.29, 1.82) is 0 Å². The summed E-state index contributed by atoms with van der Waals surface area (Å²) in [6, 6.07) is 10.3. The van der Waals surface area contributed by atoms with Gasteiger partial charge in [0.2, 0.25) is 5.95 Å². The Labute approximate surface area is 136 Å². The van der Waals surface area contributed by atoms with Crippen LogP contribution in [0, 0.1) is 0 Å². The molecule has 0 radical (unpaired) electrons. The van der Waals surface area contributed by atoms with Gasteiger partial charge in [0, 0.05) is 23.8 Å². The maximum atomic E-state index is 5.89. The summed E-state index contributed by atoms with van der Waals surface area (Å²) in [5.41, 5.74) is 1.15. The Kier molecular flexibility index (Phi) is 5.11. The molecule has 116 valence electrons. The van der Waals surface area contributed by atoms with E-state index in [2.05, 4.69) is 20.6 Å². The standard InChI is InChI=1S/C17H21ClN4/c18-14-8-6-13(7-9-14)12-20-17-19-11-10-16(22-17)21-15-4-2-1-3-5-15/h6-11,15H,1-5,12H2,(H2,19,20,21,22). The van der Waals surface area contributed by atoms with Gasteiger partial charge in [-0.2, -0.15) is 4.98 Å². The zero-order valence-electron chi connectivity index (χ0n) is 12.6. The van der Waals surface area contributed by atoms with Crippen molar-refractivity contribution < 1.29 is 0 Å². The van der Waals surface area contributed by atoms with Gasteiger partial charge < -0.3 is 10.6 Å². The first kappa shape index (κ1) is 15.1. The Hall–Kier alpha value is -1.81. The molecule has 1 heterocycles. The van der Waals surface area contributed by atoms with E-state index in [1.54, 1.807) is 6.20 Å². The second kappa shape index (κ2) is 7.45. The second-order valence-electron chi connectivity index (χ2n) is 5.72. The number of nitrogens with one attached hydrogen (secondary N) is 2. The highest BCUT2D eigenvalue weighted by molar-refractivity contribution is 6.30. The van der Waals surface area contributed by atoms with Gasteiger partial charge in [0.15, 0.2) is 0 Å². The molecule has 0 aliphatic heterocycles. The van der Waals surface area contributed by atoms with Crippen molar-refractivity contribution in [1.82, 2.24) is 9.97 Å². The molecule has 0 unspecified atom stereocenters. The first-order valence-electron chi connectivity index (χ1n) is 7.87. The van der Waals surface area contributed by atoms with Crippen molar-refractivity contribution in [2.24, 2.45) is 0 Å². The van der Waals surface area contributed by atoms with Gasteiger partial charge in [-0.15, -0.1) is 0 Å². The van der Waals surface area contributed by atoms with Crippen LogP contribution in [0.15, 0.2) is 36.5 Å². The Morgan fingerprint density at radius 2 is 1.82 bits per heavy atom. The van der Waals surface area contributed by atoms with E-state index in [1.165, 1.54) is 32.1 Å². The molecule has 0 amide bonds. The zero-order valence-corrected chi connectivity index (χ0v) is 13.3. The quantitative estimate of drug-likeness (QED) is 0.853. The minimum absolute atomic E-state index is 0.549. The van der Waals surface area contributed by atoms with Crippen LogP contribution >= 0.6 is 11.6 Å². The molecule has 2 N–H and O–H groups in total. The van der Waals surface area contributed by atoms with Crippen LogP contribution in [-0.4, -0.2) is 16.0 Å². The topological polar surface area (TPSA) is 49.8 Å². The van der Waals surface area contributed by atoms with Crippen LogP contribution in [0.1, 0.15) is 37.7 Å². The molecule has 22 heavy (non-hydrogen) atoms. The van der Waals surface area contributed by atoms with Crippen LogP contribution in [0.5, 0.6) is 0 Å². The molecule has 1 fully saturated rings. The smallest absolute Gasteiger partial charge is 0.224 e. The van der Waals surface area contributed by atoms with Crippen LogP contribution in [-0.2, 0) is 6.54 Å². The fourth-order valence-corrected chi connectivity index (χ4v) is 2.89. The Bertz CT molecular complexity index is 594. The molecule has 1 aliphatic rings. The van der Waals surface area contributed by atoms with Crippen LogP contribution in [0.3, 0.4) is 0 Å². The van der Waals surface area contributed by atoms with Crippen molar-refractivity contribution in [3.05, 3.63) is 47.1 Å². The van der Waals surface area contributed by atoms with Crippen LogP contribution < -0.4 is 10.6 Å². The Balaban J connectivity index is 1.57. The molecule has 2 aromatic rings. The van der Waals surface area contributed by atoms with Gasteiger partial charge in [0.25, 0.3) is 0 Å². The fraction of sp³-hybridized carbons (Fsp3) is 0.412. The third kappa shape index (κ3) is 4.34. The molecule has 1 saturated carbocycles.